The highest BCUT2D eigenvalue weighted by Gasteiger charge is 2.26. The molecule has 0 aliphatic heterocycles. The first kappa shape index (κ1) is 35.9. The lowest BCUT2D eigenvalue weighted by Crippen LogP contribution is -1.99. The van der Waals surface area contributed by atoms with E-state index in [0.29, 0.717) is 12.0 Å². The third-order valence-electron chi connectivity index (χ3n) is 4.96. The molecule has 6 N–H and O–H groups in total. The minimum Gasteiger partial charge on any atom is -0.506 e. The number of nitrogens with zero attached hydrogens (tertiary/aromatic N) is 4. The van der Waals surface area contributed by atoms with Crippen molar-refractivity contribution in [3.63, 3.8) is 0 Å². The standard InChI is InChI=1S/C22H16N4O10S2.2C2H6.2CH4/c27-14-7-3-1-5-12(14)23-25-19-16(37-36-35-31)9-11-10-17(38(32,33)34)20(22(30)18(11)21(19)29)26-24-13-6-2-4-8-15(13)28;2*1-2;;/h1-10,27-31H,(H,32,33,34);2*1-2H3;2*1H4/i;;;2*1D. The lowest BCUT2D eigenvalue weighted by Gasteiger charge is -2.13. The minimum absolute atomic E-state index is 0.0189. The van der Waals surface area contributed by atoms with Gasteiger partial charge in [-0.3, -0.25) is 4.55 Å². The molecule has 4 rings (SSSR count). The molecule has 0 spiro atoms. The Kier molecular flexibility index (Phi) is 15.0. The van der Waals surface area contributed by atoms with Gasteiger partial charge in [-0.05, 0) is 41.8 Å². The van der Waals surface area contributed by atoms with E-state index in [4.69, 9.17) is 8.00 Å². The summed E-state index contributed by atoms with van der Waals surface area (Å²) in [5.74, 6) is -2.19. The molecular formula is C28H36N4O10S2. The highest BCUT2D eigenvalue weighted by atomic mass is 32.2. The van der Waals surface area contributed by atoms with Crippen molar-refractivity contribution in [3.05, 3.63) is 60.7 Å². The fourth-order valence-electron chi connectivity index (χ4n) is 3.27. The van der Waals surface area contributed by atoms with Gasteiger partial charge in [0.1, 0.15) is 39.1 Å². The van der Waals surface area contributed by atoms with Gasteiger partial charge in [0, 0.05) is 2.74 Å². The molecule has 0 aliphatic rings. The van der Waals surface area contributed by atoms with E-state index in [2.05, 4.69) is 29.8 Å². The first-order valence-corrected chi connectivity index (χ1v) is 14.4. The highest BCUT2D eigenvalue weighted by Crippen LogP contribution is 2.51. The molecule has 0 saturated carbocycles. The number of azo groups is 2. The summed E-state index contributed by atoms with van der Waals surface area (Å²) in [6.45, 7) is 8.00. The lowest BCUT2D eigenvalue weighted by atomic mass is 10.1. The molecule has 0 atom stereocenters. The van der Waals surface area contributed by atoms with Crippen LogP contribution in [-0.2, 0) is 19.5 Å². The number of phenols is 4. The molecule has 0 aromatic heterocycles. The van der Waals surface area contributed by atoms with Crippen LogP contribution in [0, 0.1) is 0 Å². The molecule has 0 aliphatic carbocycles. The van der Waals surface area contributed by atoms with Crippen molar-refractivity contribution in [3.8, 4) is 23.0 Å². The molecule has 0 bridgehead atoms. The maximum Gasteiger partial charge on any atom is 0.296 e. The van der Waals surface area contributed by atoms with Gasteiger partial charge in [-0.25, -0.2) is 5.26 Å². The summed E-state index contributed by atoms with van der Waals surface area (Å²) >= 11 is 0.336. The van der Waals surface area contributed by atoms with Crippen LogP contribution in [0.3, 0.4) is 0 Å². The Morgan fingerprint density at radius 3 is 1.66 bits per heavy atom. The topological polar surface area (TPSA) is 223 Å². The second kappa shape index (κ2) is 18.4. The summed E-state index contributed by atoms with van der Waals surface area (Å²) in [5.41, 5.74) is -1.16. The maximum atomic E-state index is 12.1. The lowest BCUT2D eigenvalue weighted by molar-refractivity contribution is -0.432. The molecule has 4 aromatic rings. The van der Waals surface area contributed by atoms with Crippen molar-refractivity contribution in [2.24, 2.45) is 20.5 Å². The number of hydrogen-bond donors (Lipinski definition) is 6. The average molecular weight is 655 g/mol. The molecule has 0 amide bonds. The Hall–Kier alpha value is -4.32. The van der Waals surface area contributed by atoms with Gasteiger partial charge in [-0.15, -0.1) is 24.8 Å². The molecule has 4 aromatic carbocycles. The van der Waals surface area contributed by atoms with Gasteiger partial charge in [0.05, 0.1) is 22.3 Å². The molecule has 0 fully saturated rings. The summed E-state index contributed by atoms with van der Waals surface area (Å²) < 4.78 is 49.9. The van der Waals surface area contributed by atoms with Gasteiger partial charge in [-0.2, -0.15) is 8.42 Å². The second-order valence-electron chi connectivity index (χ2n) is 7.32. The normalized spacial score (nSPS) is 11.1. The molecule has 0 unspecified atom stereocenters. The van der Waals surface area contributed by atoms with E-state index in [1.165, 1.54) is 57.3 Å². The first-order chi connectivity index (χ1) is 22.1. The van der Waals surface area contributed by atoms with Crippen LogP contribution in [0.1, 0.15) is 45.2 Å². The number of rotatable bonds is 8. The minimum atomic E-state index is -5.00. The first-order valence-electron chi connectivity index (χ1n) is 14.2. The van der Waals surface area contributed by atoms with Gasteiger partial charge in [0.25, 0.3) is 10.1 Å². The molecule has 44 heavy (non-hydrogen) atoms. The van der Waals surface area contributed by atoms with Gasteiger partial charge in [0.15, 0.2) is 11.5 Å². The predicted octanol–water partition coefficient (Wildman–Crippen LogP) is 9.49. The van der Waals surface area contributed by atoms with Crippen LogP contribution >= 0.6 is 12.0 Å². The maximum absolute atomic E-state index is 12.1. The fourth-order valence-corrected chi connectivity index (χ4v) is 4.42. The van der Waals surface area contributed by atoms with E-state index in [1.54, 1.807) is 12.1 Å². The van der Waals surface area contributed by atoms with Gasteiger partial charge in [0.2, 0.25) is 0 Å². The van der Waals surface area contributed by atoms with Crippen molar-refractivity contribution < 1.29 is 50.8 Å². The Morgan fingerprint density at radius 2 is 1.20 bits per heavy atom. The van der Waals surface area contributed by atoms with Crippen LogP contribution in [0.15, 0.2) is 90.9 Å². The number of hydrogen-bond acceptors (Lipinski definition) is 14. The van der Waals surface area contributed by atoms with Crippen molar-refractivity contribution in [1.29, 1.82) is 0 Å². The van der Waals surface area contributed by atoms with Crippen LogP contribution in [-0.4, -0.2) is 38.7 Å². The highest BCUT2D eigenvalue weighted by molar-refractivity contribution is 7.94. The van der Waals surface area contributed by atoms with E-state index in [9.17, 15) is 33.4 Å². The van der Waals surface area contributed by atoms with E-state index < -0.39 is 32.2 Å². The van der Waals surface area contributed by atoms with Crippen LogP contribution in [0.25, 0.3) is 10.8 Å². The van der Waals surface area contributed by atoms with Crippen LogP contribution in [0.2, 0.25) is 0 Å². The zero-order valence-electron chi connectivity index (χ0n) is 26.7. The van der Waals surface area contributed by atoms with Crippen molar-refractivity contribution in [1.82, 2.24) is 0 Å². The SMILES string of the molecule is CC.CC.O=S(=O)(O)c1cc2cc(SOOO)c(N=Nc3ccccc3O)c(O)c2c(O)c1N=Nc1ccccc1O.[2H]C.[2H]C. The molecular weight excluding hydrogens is 616 g/mol. The summed E-state index contributed by atoms with van der Waals surface area (Å²) in [6.07, 6.45) is 0. The molecule has 0 saturated heterocycles. The molecule has 16 heteroatoms. The van der Waals surface area contributed by atoms with Crippen LogP contribution in [0.5, 0.6) is 23.0 Å². The fraction of sp³-hybridized carbons (Fsp3) is 0.214. The molecule has 0 heterocycles. The molecule has 240 valence electrons. The summed E-state index contributed by atoms with van der Waals surface area (Å²) in [6, 6.07) is 13.6. The number of benzene rings is 4. The summed E-state index contributed by atoms with van der Waals surface area (Å²) in [5, 5.41) is 68.7. The largest absolute Gasteiger partial charge is 0.506 e. The zero-order chi connectivity index (χ0) is 35.4. The summed E-state index contributed by atoms with van der Waals surface area (Å²) in [4.78, 5) is -0.965. The summed E-state index contributed by atoms with van der Waals surface area (Å²) in [7, 11) is -2.50. The number of aromatic hydroxyl groups is 4. The molecule has 14 nitrogen and oxygen atoms in total. The van der Waals surface area contributed by atoms with E-state index in [-0.39, 0.29) is 44.2 Å². The number of phenolic OH excluding ortho intramolecular Hbond substituents is 4. The number of para-hydroxylation sites is 2. The van der Waals surface area contributed by atoms with Gasteiger partial charge >= 0.3 is 0 Å². The number of fused-ring (bicyclic) bond motifs is 1. The Balaban J connectivity index is 0.00000235. The van der Waals surface area contributed by atoms with Crippen molar-refractivity contribution in [2.75, 3.05) is 0 Å². The van der Waals surface area contributed by atoms with Crippen LogP contribution < -0.4 is 0 Å². The Labute approximate surface area is 262 Å². The Bertz CT molecular complexity index is 1710. The van der Waals surface area contributed by atoms with Crippen molar-refractivity contribution >= 4 is 55.7 Å². The van der Waals surface area contributed by atoms with E-state index in [0.717, 1.165) is 6.07 Å². The average Bonchev–Trinajstić information content (AvgIpc) is 3.07. The smallest absolute Gasteiger partial charge is 0.296 e. The quantitative estimate of drug-likeness (QED) is 0.0345. The van der Waals surface area contributed by atoms with E-state index in [1.807, 2.05) is 27.7 Å². The third-order valence-corrected chi connectivity index (χ3v) is 6.45. The van der Waals surface area contributed by atoms with Crippen LogP contribution in [0.4, 0.5) is 22.7 Å². The van der Waals surface area contributed by atoms with Crippen molar-refractivity contribution in [2.45, 2.75) is 52.3 Å². The monoisotopic (exact) mass is 654 g/mol. The van der Waals surface area contributed by atoms with Gasteiger partial charge < -0.3 is 20.4 Å². The van der Waals surface area contributed by atoms with E-state index >= 15 is 0 Å². The van der Waals surface area contributed by atoms with Gasteiger partial charge in [-0.1, -0.05) is 71.8 Å². The predicted molar refractivity (Wildman–Crippen MR) is 168 cm³/mol. The third kappa shape index (κ3) is 9.34. The Morgan fingerprint density at radius 1 is 0.750 bits per heavy atom. The zero-order valence-corrected chi connectivity index (χ0v) is 26.3. The molecule has 0 radical (unpaired) electrons. The second-order valence-corrected chi connectivity index (χ2v) is 9.45.